The first-order chi connectivity index (χ1) is 10.7. The summed E-state index contributed by atoms with van der Waals surface area (Å²) >= 11 is 0. The van der Waals surface area contributed by atoms with Gasteiger partial charge in [0.15, 0.2) is 0 Å². The third-order valence-corrected chi connectivity index (χ3v) is 3.76. The van der Waals surface area contributed by atoms with Crippen LogP contribution in [0, 0.1) is 6.92 Å². The Kier molecular flexibility index (Phi) is 4.24. The Balaban J connectivity index is 1.52. The lowest BCUT2D eigenvalue weighted by Gasteiger charge is -2.06. The number of aryl methyl sites for hydroxylation is 1. The molecule has 3 heteroatoms. The second kappa shape index (κ2) is 6.48. The van der Waals surface area contributed by atoms with E-state index < -0.39 is 0 Å². The molecule has 1 aromatic heterocycles. The Morgan fingerprint density at radius 1 is 1.05 bits per heavy atom. The standard InChI is InChI=1S/C19H20N2O/c1-14-11-17-12-16(7-8-18(17)21-14)9-10-20-19(22)13-15-5-3-2-4-6-15/h2-8,11-12,21H,9-10,13H2,1H3,(H,20,22). The first-order valence-electron chi connectivity index (χ1n) is 7.59. The van der Waals surface area contributed by atoms with Crippen LogP contribution < -0.4 is 5.32 Å². The Morgan fingerprint density at radius 3 is 2.68 bits per heavy atom. The minimum absolute atomic E-state index is 0.0739. The summed E-state index contributed by atoms with van der Waals surface area (Å²) in [6.45, 7) is 2.73. The molecule has 112 valence electrons. The van der Waals surface area contributed by atoms with Crippen LogP contribution in [0.1, 0.15) is 16.8 Å². The number of carbonyl (C=O) groups is 1. The molecule has 2 N–H and O–H groups in total. The van der Waals surface area contributed by atoms with Gasteiger partial charge in [-0.2, -0.15) is 0 Å². The van der Waals surface area contributed by atoms with Gasteiger partial charge in [0, 0.05) is 17.8 Å². The van der Waals surface area contributed by atoms with Gasteiger partial charge in [-0.05, 0) is 48.1 Å². The summed E-state index contributed by atoms with van der Waals surface area (Å²) in [7, 11) is 0. The number of carbonyl (C=O) groups excluding carboxylic acids is 1. The molecule has 22 heavy (non-hydrogen) atoms. The van der Waals surface area contributed by atoms with Gasteiger partial charge < -0.3 is 10.3 Å². The van der Waals surface area contributed by atoms with E-state index in [9.17, 15) is 4.79 Å². The molecule has 0 bridgehead atoms. The number of H-pyrrole nitrogens is 1. The van der Waals surface area contributed by atoms with Crippen molar-refractivity contribution in [3.05, 3.63) is 71.4 Å². The van der Waals surface area contributed by atoms with Gasteiger partial charge >= 0.3 is 0 Å². The fraction of sp³-hybridized carbons (Fsp3) is 0.211. The highest BCUT2D eigenvalue weighted by Crippen LogP contribution is 2.17. The van der Waals surface area contributed by atoms with Crippen LogP contribution in [0.5, 0.6) is 0 Å². The van der Waals surface area contributed by atoms with Crippen molar-refractivity contribution in [3.8, 4) is 0 Å². The van der Waals surface area contributed by atoms with E-state index >= 15 is 0 Å². The molecular weight excluding hydrogens is 272 g/mol. The van der Waals surface area contributed by atoms with E-state index in [1.807, 2.05) is 30.3 Å². The molecular formula is C19H20N2O. The minimum atomic E-state index is 0.0739. The van der Waals surface area contributed by atoms with Crippen molar-refractivity contribution in [1.82, 2.24) is 10.3 Å². The molecule has 0 atom stereocenters. The summed E-state index contributed by atoms with van der Waals surface area (Å²) in [5.74, 6) is 0.0739. The van der Waals surface area contributed by atoms with Gasteiger partial charge in [0.05, 0.1) is 6.42 Å². The van der Waals surface area contributed by atoms with Crippen LogP contribution in [-0.4, -0.2) is 17.4 Å². The Labute approximate surface area is 130 Å². The molecule has 3 nitrogen and oxygen atoms in total. The average Bonchev–Trinajstić information content (AvgIpc) is 2.87. The summed E-state index contributed by atoms with van der Waals surface area (Å²) in [5, 5.41) is 4.21. The van der Waals surface area contributed by atoms with Crippen LogP contribution in [0.15, 0.2) is 54.6 Å². The van der Waals surface area contributed by atoms with Gasteiger partial charge in [0.2, 0.25) is 5.91 Å². The molecule has 1 heterocycles. The van der Waals surface area contributed by atoms with E-state index in [0.717, 1.165) is 17.5 Å². The van der Waals surface area contributed by atoms with Gasteiger partial charge in [0.1, 0.15) is 0 Å². The summed E-state index contributed by atoms with van der Waals surface area (Å²) < 4.78 is 0. The van der Waals surface area contributed by atoms with Crippen molar-refractivity contribution < 1.29 is 4.79 Å². The smallest absolute Gasteiger partial charge is 0.224 e. The molecule has 0 spiro atoms. The molecule has 3 aromatic rings. The topological polar surface area (TPSA) is 44.9 Å². The number of benzene rings is 2. The molecule has 0 radical (unpaired) electrons. The van der Waals surface area contributed by atoms with Crippen LogP contribution in [0.3, 0.4) is 0 Å². The van der Waals surface area contributed by atoms with E-state index in [4.69, 9.17) is 0 Å². The van der Waals surface area contributed by atoms with E-state index in [0.29, 0.717) is 13.0 Å². The normalized spacial score (nSPS) is 10.8. The highest BCUT2D eigenvalue weighted by molar-refractivity contribution is 5.81. The molecule has 1 amide bonds. The number of aromatic amines is 1. The monoisotopic (exact) mass is 292 g/mol. The molecule has 0 unspecified atom stereocenters. The highest BCUT2D eigenvalue weighted by Gasteiger charge is 2.03. The zero-order valence-corrected chi connectivity index (χ0v) is 12.7. The van der Waals surface area contributed by atoms with Crippen molar-refractivity contribution >= 4 is 16.8 Å². The van der Waals surface area contributed by atoms with E-state index in [1.165, 1.54) is 16.6 Å². The summed E-state index contributed by atoms with van der Waals surface area (Å²) in [6.07, 6.45) is 1.29. The largest absolute Gasteiger partial charge is 0.359 e. The third kappa shape index (κ3) is 3.55. The van der Waals surface area contributed by atoms with Crippen LogP contribution in [0.2, 0.25) is 0 Å². The van der Waals surface area contributed by atoms with Crippen LogP contribution >= 0.6 is 0 Å². The molecule has 0 aliphatic rings. The molecule has 0 aliphatic carbocycles. The Bertz CT molecular complexity index is 774. The number of aromatic nitrogens is 1. The second-order valence-electron chi connectivity index (χ2n) is 5.64. The third-order valence-electron chi connectivity index (χ3n) is 3.76. The molecule has 0 aliphatic heterocycles. The SMILES string of the molecule is Cc1cc2cc(CCNC(=O)Cc3ccccc3)ccc2[nH]1. The summed E-state index contributed by atoms with van der Waals surface area (Å²) in [6, 6.07) is 18.4. The number of fused-ring (bicyclic) bond motifs is 1. The summed E-state index contributed by atoms with van der Waals surface area (Å²) in [5.41, 5.74) is 4.62. The van der Waals surface area contributed by atoms with Crippen molar-refractivity contribution in [3.63, 3.8) is 0 Å². The first-order valence-corrected chi connectivity index (χ1v) is 7.59. The maximum absolute atomic E-state index is 11.9. The Morgan fingerprint density at radius 2 is 1.86 bits per heavy atom. The fourth-order valence-electron chi connectivity index (χ4n) is 2.67. The van der Waals surface area contributed by atoms with Crippen LogP contribution in [0.25, 0.3) is 10.9 Å². The van der Waals surface area contributed by atoms with Crippen LogP contribution in [-0.2, 0) is 17.6 Å². The lowest BCUT2D eigenvalue weighted by atomic mass is 10.1. The number of nitrogens with one attached hydrogen (secondary N) is 2. The van der Waals surface area contributed by atoms with E-state index in [2.05, 4.69) is 41.5 Å². The van der Waals surface area contributed by atoms with Gasteiger partial charge in [0.25, 0.3) is 0 Å². The molecule has 3 rings (SSSR count). The van der Waals surface area contributed by atoms with Gasteiger partial charge in [-0.1, -0.05) is 36.4 Å². The van der Waals surface area contributed by atoms with Crippen LogP contribution in [0.4, 0.5) is 0 Å². The van der Waals surface area contributed by atoms with Gasteiger partial charge in [-0.3, -0.25) is 4.79 Å². The maximum Gasteiger partial charge on any atom is 0.224 e. The fourth-order valence-corrected chi connectivity index (χ4v) is 2.67. The molecule has 0 saturated carbocycles. The minimum Gasteiger partial charge on any atom is -0.359 e. The van der Waals surface area contributed by atoms with E-state index in [-0.39, 0.29) is 5.91 Å². The number of hydrogen-bond donors (Lipinski definition) is 2. The lowest BCUT2D eigenvalue weighted by Crippen LogP contribution is -2.27. The number of hydrogen-bond acceptors (Lipinski definition) is 1. The lowest BCUT2D eigenvalue weighted by molar-refractivity contribution is -0.120. The molecule has 2 aromatic carbocycles. The average molecular weight is 292 g/mol. The Hall–Kier alpha value is -2.55. The van der Waals surface area contributed by atoms with E-state index in [1.54, 1.807) is 0 Å². The maximum atomic E-state index is 11.9. The van der Waals surface area contributed by atoms with Crippen molar-refractivity contribution in [2.24, 2.45) is 0 Å². The number of rotatable bonds is 5. The quantitative estimate of drug-likeness (QED) is 0.744. The second-order valence-corrected chi connectivity index (χ2v) is 5.64. The first kappa shape index (κ1) is 14.4. The predicted molar refractivity (Wildman–Crippen MR) is 89.9 cm³/mol. The number of amides is 1. The summed E-state index contributed by atoms with van der Waals surface area (Å²) in [4.78, 5) is 15.2. The van der Waals surface area contributed by atoms with Crippen molar-refractivity contribution in [2.75, 3.05) is 6.54 Å². The molecule has 0 fully saturated rings. The van der Waals surface area contributed by atoms with Crippen molar-refractivity contribution in [1.29, 1.82) is 0 Å². The zero-order valence-electron chi connectivity index (χ0n) is 12.7. The van der Waals surface area contributed by atoms with Gasteiger partial charge in [-0.15, -0.1) is 0 Å². The van der Waals surface area contributed by atoms with Crippen molar-refractivity contribution in [2.45, 2.75) is 19.8 Å². The molecule has 0 saturated heterocycles. The predicted octanol–water partition coefficient (Wildman–Crippen LogP) is 3.38. The van der Waals surface area contributed by atoms with Gasteiger partial charge in [-0.25, -0.2) is 0 Å². The zero-order chi connectivity index (χ0) is 15.4. The highest BCUT2D eigenvalue weighted by atomic mass is 16.1.